The Morgan fingerprint density at radius 1 is 1.04 bits per heavy atom. The van der Waals surface area contributed by atoms with Crippen molar-refractivity contribution in [3.63, 3.8) is 0 Å². The Morgan fingerprint density at radius 2 is 1.92 bits per heavy atom. The molecule has 4 nitrogen and oxygen atoms in total. The lowest BCUT2D eigenvalue weighted by Gasteiger charge is -2.04. The lowest BCUT2D eigenvalue weighted by atomic mass is 10.2. The molecule has 0 aliphatic rings. The number of amides is 1. The number of hydrogen-bond donors (Lipinski definition) is 1. The molecule has 2 aromatic heterocycles. The van der Waals surface area contributed by atoms with Gasteiger partial charge in [-0.15, -0.1) is 11.3 Å². The van der Waals surface area contributed by atoms with Gasteiger partial charge in [0.2, 0.25) is 5.91 Å². The van der Waals surface area contributed by atoms with Gasteiger partial charge in [0.1, 0.15) is 0 Å². The first kappa shape index (κ1) is 16.6. The number of aryl methyl sites for hydroxylation is 1. The van der Waals surface area contributed by atoms with Crippen LogP contribution >= 0.6 is 11.3 Å². The summed E-state index contributed by atoms with van der Waals surface area (Å²) in [5.74, 6) is 0.121. The van der Waals surface area contributed by atoms with Crippen LogP contribution in [0, 0.1) is 0 Å². The summed E-state index contributed by atoms with van der Waals surface area (Å²) < 4.78 is 1.24. The zero-order chi connectivity index (χ0) is 16.6. The summed E-state index contributed by atoms with van der Waals surface area (Å²) >= 11 is 1.75. The van der Waals surface area contributed by atoms with E-state index in [2.05, 4.69) is 21.4 Å². The number of unbranched alkanes of at least 4 members (excludes halogenated alkanes) is 1. The fraction of sp³-hybridized carbons (Fsp3) is 0.316. The van der Waals surface area contributed by atoms with Crippen LogP contribution in [0.1, 0.15) is 30.0 Å². The second-order valence-electron chi connectivity index (χ2n) is 5.70. The monoisotopic (exact) mass is 339 g/mol. The van der Waals surface area contributed by atoms with Crippen LogP contribution in [0.25, 0.3) is 10.2 Å². The molecule has 0 aliphatic carbocycles. The summed E-state index contributed by atoms with van der Waals surface area (Å²) in [5, 5.41) is 4.12. The molecule has 1 amide bonds. The predicted octanol–water partition coefficient (Wildman–Crippen LogP) is 3.76. The minimum absolute atomic E-state index is 0.121. The van der Waals surface area contributed by atoms with Gasteiger partial charge in [0.15, 0.2) is 0 Å². The Hall–Kier alpha value is -2.27. The fourth-order valence-electron chi connectivity index (χ4n) is 2.55. The molecule has 24 heavy (non-hydrogen) atoms. The van der Waals surface area contributed by atoms with Crippen molar-refractivity contribution in [1.82, 2.24) is 15.3 Å². The van der Waals surface area contributed by atoms with Crippen molar-refractivity contribution >= 4 is 27.5 Å². The third kappa shape index (κ3) is 4.86. The molecule has 1 N–H and O–H groups in total. The highest BCUT2D eigenvalue weighted by molar-refractivity contribution is 7.18. The van der Waals surface area contributed by atoms with E-state index < -0.39 is 0 Å². The van der Waals surface area contributed by atoms with Crippen LogP contribution in [0.3, 0.4) is 0 Å². The second kappa shape index (κ2) is 8.55. The maximum atomic E-state index is 11.8. The van der Waals surface area contributed by atoms with Crippen LogP contribution in [0.2, 0.25) is 0 Å². The van der Waals surface area contributed by atoms with Crippen molar-refractivity contribution in [2.75, 3.05) is 6.54 Å². The Labute approximate surface area is 146 Å². The molecular weight excluding hydrogens is 318 g/mol. The average molecular weight is 339 g/mol. The normalized spacial score (nSPS) is 10.8. The van der Waals surface area contributed by atoms with Gasteiger partial charge in [-0.25, -0.2) is 4.98 Å². The molecule has 0 radical (unpaired) electrons. The number of benzene rings is 1. The van der Waals surface area contributed by atoms with Gasteiger partial charge in [-0.2, -0.15) is 0 Å². The van der Waals surface area contributed by atoms with E-state index in [1.807, 2.05) is 36.4 Å². The number of rotatable bonds is 8. The van der Waals surface area contributed by atoms with E-state index in [0.29, 0.717) is 13.0 Å². The first-order valence-electron chi connectivity index (χ1n) is 8.32. The van der Waals surface area contributed by atoms with Crippen LogP contribution < -0.4 is 5.32 Å². The van der Waals surface area contributed by atoms with Crippen molar-refractivity contribution in [2.45, 2.75) is 32.1 Å². The van der Waals surface area contributed by atoms with E-state index in [0.717, 1.165) is 41.9 Å². The maximum Gasteiger partial charge on any atom is 0.220 e. The molecular formula is C19H21N3OS. The smallest absolute Gasteiger partial charge is 0.220 e. The van der Waals surface area contributed by atoms with E-state index in [9.17, 15) is 4.79 Å². The minimum Gasteiger partial charge on any atom is -0.356 e. The number of carbonyl (C=O) groups excluding carboxylic acids is 1. The number of aromatic nitrogens is 2. The minimum atomic E-state index is 0.121. The number of fused-ring (bicyclic) bond motifs is 1. The third-order valence-electron chi connectivity index (χ3n) is 3.81. The number of carbonyl (C=O) groups is 1. The van der Waals surface area contributed by atoms with Crippen molar-refractivity contribution < 1.29 is 4.79 Å². The first-order chi connectivity index (χ1) is 11.8. The summed E-state index contributed by atoms with van der Waals surface area (Å²) in [7, 11) is 0. The molecule has 0 atom stereocenters. The summed E-state index contributed by atoms with van der Waals surface area (Å²) in [5.41, 5.74) is 2.08. The highest BCUT2D eigenvalue weighted by Gasteiger charge is 2.05. The van der Waals surface area contributed by atoms with E-state index in [-0.39, 0.29) is 5.91 Å². The Kier molecular flexibility index (Phi) is 5.90. The van der Waals surface area contributed by atoms with E-state index in [1.165, 1.54) is 4.70 Å². The van der Waals surface area contributed by atoms with Gasteiger partial charge in [0.05, 0.1) is 15.2 Å². The van der Waals surface area contributed by atoms with Crippen molar-refractivity contribution in [3.8, 4) is 0 Å². The summed E-state index contributed by atoms with van der Waals surface area (Å²) in [6.07, 6.45) is 5.96. The molecule has 5 heteroatoms. The number of hydrogen-bond acceptors (Lipinski definition) is 4. The number of para-hydroxylation sites is 1. The van der Waals surface area contributed by atoms with Crippen molar-refractivity contribution in [2.24, 2.45) is 0 Å². The summed E-state index contributed by atoms with van der Waals surface area (Å²) in [4.78, 5) is 20.7. The van der Waals surface area contributed by atoms with Gasteiger partial charge in [-0.05, 0) is 43.5 Å². The molecule has 0 bridgehead atoms. The molecule has 0 aliphatic heterocycles. The molecule has 3 aromatic rings. The van der Waals surface area contributed by atoms with Crippen LogP contribution in [0.4, 0.5) is 0 Å². The van der Waals surface area contributed by atoms with Crippen LogP contribution in [-0.4, -0.2) is 22.4 Å². The lowest BCUT2D eigenvalue weighted by Crippen LogP contribution is -2.25. The largest absolute Gasteiger partial charge is 0.356 e. The highest BCUT2D eigenvalue weighted by atomic mass is 32.1. The maximum absolute atomic E-state index is 11.8. The van der Waals surface area contributed by atoms with Crippen LogP contribution in [0.15, 0.2) is 48.7 Å². The zero-order valence-corrected chi connectivity index (χ0v) is 14.4. The molecule has 0 saturated carbocycles. The lowest BCUT2D eigenvalue weighted by molar-refractivity contribution is -0.121. The molecule has 0 unspecified atom stereocenters. The summed E-state index contributed by atoms with van der Waals surface area (Å²) in [6.45, 7) is 0.647. The van der Waals surface area contributed by atoms with Gasteiger partial charge in [0, 0.05) is 31.3 Å². The fourth-order valence-corrected chi connectivity index (χ4v) is 3.56. The first-order valence-corrected chi connectivity index (χ1v) is 9.14. The Balaban J connectivity index is 1.32. The zero-order valence-electron chi connectivity index (χ0n) is 13.6. The quantitative estimate of drug-likeness (QED) is 0.636. The van der Waals surface area contributed by atoms with Crippen molar-refractivity contribution in [3.05, 3.63) is 59.4 Å². The van der Waals surface area contributed by atoms with Crippen LogP contribution in [0.5, 0.6) is 0 Å². The van der Waals surface area contributed by atoms with E-state index in [1.54, 1.807) is 17.5 Å². The summed E-state index contributed by atoms with van der Waals surface area (Å²) in [6, 6.07) is 14.0. The molecule has 0 spiro atoms. The second-order valence-corrected chi connectivity index (χ2v) is 6.82. The van der Waals surface area contributed by atoms with Gasteiger partial charge >= 0.3 is 0 Å². The van der Waals surface area contributed by atoms with E-state index in [4.69, 9.17) is 0 Å². The highest BCUT2D eigenvalue weighted by Crippen LogP contribution is 2.22. The van der Waals surface area contributed by atoms with Crippen molar-refractivity contribution in [1.29, 1.82) is 0 Å². The van der Waals surface area contributed by atoms with Gasteiger partial charge in [-0.1, -0.05) is 18.2 Å². The molecule has 3 rings (SSSR count). The number of nitrogens with zero attached hydrogens (tertiary/aromatic N) is 2. The topological polar surface area (TPSA) is 54.9 Å². The average Bonchev–Trinajstić information content (AvgIpc) is 3.02. The molecule has 0 fully saturated rings. The Bertz CT molecular complexity index is 752. The number of pyridine rings is 1. The predicted molar refractivity (Wildman–Crippen MR) is 98.1 cm³/mol. The van der Waals surface area contributed by atoms with Gasteiger partial charge in [0.25, 0.3) is 0 Å². The standard InChI is InChI=1S/C19H21N3OS/c23-18(21-14-12-15-7-5-6-13-20-15)10-3-4-11-19-22-16-8-1-2-9-17(16)24-19/h1-2,5-9,13H,3-4,10-12,14H2,(H,21,23). The molecule has 124 valence electrons. The third-order valence-corrected chi connectivity index (χ3v) is 4.91. The van der Waals surface area contributed by atoms with Gasteiger partial charge in [-0.3, -0.25) is 9.78 Å². The van der Waals surface area contributed by atoms with E-state index >= 15 is 0 Å². The molecule has 0 saturated heterocycles. The SMILES string of the molecule is O=C(CCCCc1nc2ccccc2s1)NCCc1ccccn1. The molecule has 2 heterocycles. The Morgan fingerprint density at radius 3 is 2.75 bits per heavy atom. The van der Waals surface area contributed by atoms with Gasteiger partial charge < -0.3 is 5.32 Å². The molecule has 1 aromatic carbocycles. The number of thiazole rings is 1. The number of nitrogens with one attached hydrogen (secondary N) is 1. The van der Waals surface area contributed by atoms with Crippen LogP contribution in [-0.2, 0) is 17.6 Å².